The molecule has 0 atom stereocenters. The zero-order chi connectivity index (χ0) is 17.6. The molecular formula is C17H30N4O2. The maximum Gasteiger partial charge on any atom is 0.416 e. The maximum absolute atomic E-state index is 12.3. The number of anilines is 1. The van der Waals surface area contributed by atoms with Crippen molar-refractivity contribution in [2.75, 3.05) is 24.6 Å². The van der Waals surface area contributed by atoms with Gasteiger partial charge >= 0.3 is 6.09 Å². The van der Waals surface area contributed by atoms with Gasteiger partial charge in [0, 0.05) is 36.6 Å². The highest BCUT2D eigenvalue weighted by atomic mass is 16.6. The van der Waals surface area contributed by atoms with E-state index in [9.17, 15) is 4.79 Å². The molecule has 0 saturated heterocycles. The van der Waals surface area contributed by atoms with Crippen molar-refractivity contribution in [1.29, 1.82) is 0 Å². The third-order valence-electron chi connectivity index (χ3n) is 3.61. The van der Waals surface area contributed by atoms with E-state index >= 15 is 0 Å². The molecule has 1 aromatic rings. The molecule has 0 fully saturated rings. The molecular weight excluding hydrogens is 292 g/mol. The first-order valence-corrected chi connectivity index (χ1v) is 8.28. The van der Waals surface area contributed by atoms with Crippen molar-refractivity contribution in [2.45, 2.75) is 60.5 Å². The molecule has 0 aliphatic carbocycles. The normalized spacial score (nSPS) is 11.4. The topological polar surface area (TPSA) is 58.6 Å². The van der Waals surface area contributed by atoms with E-state index in [4.69, 9.17) is 4.74 Å². The molecule has 0 unspecified atom stereocenters. The summed E-state index contributed by atoms with van der Waals surface area (Å²) in [5.74, 6) is 0.411. The number of aryl methyl sites for hydroxylation is 2. The SMILES string of the molecule is CCOC(=O)N(CCN(C(C)C)C(C)C)c1nc(C)cc(C)n1. The lowest BCUT2D eigenvalue weighted by atomic mass is 10.2. The van der Waals surface area contributed by atoms with Gasteiger partial charge in [0.15, 0.2) is 0 Å². The maximum atomic E-state index is 12.3. The highest BCUT2D eigenvalue weighted by Crippen LogP contribution is 2.13. The zero-order valence-corrected chi connectivity index (χ0v) is 15.5. The molecule has 0 aliphatic rings. The number of hydrogen-bond acceptors (Lipinski definition) is 5. The van der Waals surface area contributed by atoms with Crippen LogP contribution in [0, 0.1) is 13.8 Å². The zero-order valence-electron chi connectivity index (χ0n) is 15.5. The highest BCUT2D eigenvalue weighted by molar-refractivity contribution is 5.85. The Morgan fingerprint density at radius 3 is 2.04 bits per heavy atom. The summed E-state index contributed by atoms with van der Waals surface area (Å²) >= 11 is 0. The summed E-state index contributed by atoms with van der Waals surface area (Å²) in [5.41, 5.74) is 1.68. The summed E-state index contributed by atoms with van der Waals surface area (Å²) < 4.78 is 5.18. The van der Waals surface area contributed by atoms with Gasteiger partial charge in [-0.05, 0) is 54.5 Å². The van der Waals surface area contributed by atoms with E-state index in [2.05, 4.69) is 42.6 Å². The molecule has 1 aromatic heterocycles. The average Bonchev–Trinajstić information content (AvgIpc) is 2.41. The molecule has 0 aromatic carbocycles. The van der Waals surface area contributed by atoms with Crippen LogP contribution in [0.4, 0.5) is 10.7 Å². The number of ether oxygens (including phenoxy) is 1. The monoisotopic (exact) mass is 322 g/mol. The molecule has 0 N–H and O–H groups in total. The second-order valence-corrected chi connectivity index (χ2v) is 6.23. The van der Waals surface area contributed by atoms with Crippen LogP contribution in [0.25, 0.3) is 0 Å². The predicted molar refractivity (Wildman–Crippen MR) is 92.9 cm³/mol. The van der Waals surface area contributed by atoms with Gasteiger partial charge in [-0.15, -0.1) is 0 Å². The minimum Gasteiger partial charge on any atom is -0.449 e. The lowest BCUT2D eigenvalue weighted by Gasteiger charge is -2.32. The van der Waals surface area contributed by atoms with Crippen molar-refractivity contribution < 1.29 is 9.53 Å². The first-order chi connectivity index (χ1) is 10.8. The largest absolute Gasteiger partial charge is 0.449 e. The minimum absolute atomic E-state index is 0.332. The molecule has 1 amide bonds. The fourth-order valence-electron chi connectivity index (χ4n) is 2.63. The summed E-state index contributed by atoms with van der Waals surface area (Å²) in [7, 11) is 0. The Morgan fingerprint density at radius 2 is 1.61 bits per heavy atom. The van der Waals surface area contributed by atoms with E-state index in [1.54, 1.807) is 6.92 Å². The third-order valence-corrected chi connectivity index (χ3v) is 3.61. The molecule has 6 nitrogen and oxygen atoms in total. The van der Waals surface area contributed by atoms with E-state index in [1.807, 2.05) is 19.9 Å². The smallest absolute Gasteiger partial charge is 0.416 e. The van der Waals surface area contributed by atoms with Gasteiger partial charge in [0.2, 0.25) is 5.95 Å². The number of nitrogens with zero attached hydrogens (tertiary/aromatic N) is 4. The summed E-state index contributed by atoms with van der Waals surface area (Å²) in [4.78, 5) is 25.0. The highest BCUT2D eigenvalue weighted by Gasteiger charge is 2.23. The number of amides is 1. The van der Waals surface area contributed by atoms with Crippen LogP contribution in [0.5, 0.6) is 0 Å². The quantitative estimate of drug-likeness (QED) is 0.771. The van der Waals surface area contributed by atoms with Crippen molar-refractivity contribution in [3.63, 3.8) is 0 Å². The molecule has 0 radical (unpaired) electrons. The van der Waals surface area contributed by atoms with Crippen LogP contribution in [-0.2, 0) is 4.74 Å². The van der Waals surface area contributed by atoms with E-state index < -0.39 is 6.09 Å². The van der Waals surface area contributed by atoms with Gasteiger partial charge in [-0.2, -0.15) is 0 Å². The van der Waals surface area contributed by atoms with Gasteiger partial charge in [-0.25, -0.2) is 19.7 Å². The second-order valence-electron chi connectivity index (χ2n) is 6.23. The Labute approximate surface area is 139 Å². The van der Waals surface area contributed by atoms with Gasteiger partial charge < -0.3 is 4.74 Å². The number of hydrogen-bond donors (Lipinski definition) is 0. The van der Waals surface area contributed by atoms with Crippen LogP contribution in [-0.4, -0.2) is 52.7 Å². The first kappa shape index (κ1) is 19.4. The number of aromatic nitrogens is 2. The van der Waals surface area contributed by atoms with E-state index in [-0.39, 0.29) is 0 Å². The van der Waals surface area contributed by atoms with Crippen molar-refractivity contribution in [2.24, 2.45) is 0 Å². The molecule has 0 spiro atoms. The van der Waals surface area contributed by atoms with Crippen molar-refractivity contribution in [3.05, 3.63) is 17.5 Å². The Hall–Kier alpha value is -1.69. The molecule has 130 valence electrons. The fraction of sp³-hybridized carbons (Fsp3) is 0.706. The molecule has 0 bridgehead atoms. The Balaban J connectivity index is 2.99. The van der Waals surface area contributed by atoms with Crippen LogP contribution >= 0.6 is 0 Å². The lowest BCUT2D eigenvalue weighted by Crippen LogP contribution is -2.45. The van der Waals surface area contributed by atoms with Gasteiger partial charge in [0.25, 0.3) is 0 Å². The number of carbonyl (C=O) groups is 1. The van der Waals surface area contributed by atoms with E-state index in [1.165, 1.54) is 4.90 Å². The molecule has 1 heterocycles. The molecule has 23 heavy (non-hydrogen) atoms. The standard InChI is InChI=1S/C17H30N4O2/c1-8-23-17(22)21(10-9-20(12(2)3)13(4)5)16-18-14(6)11-15(7)19-16/h11-13H,8-10H2,1-7H3. The Kier molecular flexibility index (Phi) is 7.42. The Morgan fingerprint density at radius 1 is 1.09 bits per heavy atom. The van der Waals surface area contributed by atoms with Gasteiger partial charge in [-0.1, -0.05) is 0 Å². The van der Waals surface area contributed by atoms with Crippen molar-refractivity contribution in [3.8, 4) is 0 Å². The van der Waals surface area contributed by atoms with Crippen LogP contribution < -0.4 is 4.90 Å². The van der Waals surface area contributed by atoms with Gasteiger partial charge in [-0.3, -0.25) is 4.90 Å². The second kappa shape index (κ2) is 8.82. The fourth-order valence-corrected chi connectivity index (χ4v) is 2.63. The minimum atomic E-state index is -0.398. The van der Waals surface area contributed by atoms with Crippen LogP contribution in [0.2, 0.25) is 0 Å². The molecule has 0 aliphatic heterocycles. The lowest BCUT2D eigenvalue weighted by molar-refractivity contribution is 0.152. The van der Waals surface area contributed by atoms with Gasteiger partial charge in [0.05, 0.1) is 6.61 Å². The van der Waals surface area contributed by atoms with Crippen molar-refractivity contribution >= 4 is 12.0 Å². The predicted octanol–water partition coefficient (Wildman–Crippen LogP) is 3.18. The molecule has 6 heteroatoms. The summed E-state index contributed by atoms with van der Waals surface area (Å²) in [6.45, 7) is 15.8. The summed E-state index contributed by atoms with van der Waals surface area (Å²) in [5, 5.41) is 0. The van der Waals surface area contributed by atoms with E-state index in [0.717, 1.165) is 17.9 Å². The van der Waals surface area contributed by atoms with Crippen LogP contribution in [0.15, 0.2) is 6.07 Å². The van der Waals surface area contributed by atoms with Gasteiger partial charge in [0.1, 0.15) is 0 Å². The number of rotatable bonds is 7. The summed E-state index contributed by atoms with van der Waals surface area (Å²) in [6.07, 6.45) is -0.398. The Bertz CT molecular complexity index is 489. The number of carbonyl (C=O) groups excluding carboxylic acids is 1. The van der Waals surface area contributed by atoms with Crippen LogP contribution in [0.1, 0.15) is 46.0 Å². The molecule has 0 saturated carbocycles. The summed E-state index contributed by atoms with van der Waals surface area (Å²) in [6, 6.07) is 2.69. The first-order valence-electron chi connectivity index (χ1n) is 8.28. The van der Waals surface area contributed by atoms with Crippen molar-refractivity contribution in [1.82, 2.24) is 14.9 Å². The molecule has 1 rings (SSSR count). The third kappa shape index (κ3) is 5.78. The average molecular weight is 322 g/mol. The van der Waals surface area contributed by atoms with Crippen LogP contribution in [0.3, 0.4) is 0 Å². The van der Waals surface area contributed by atoms with E-state index in [0.29, 0.717) is 31.2 Å².